The third kappa shape index (κ3) is 2.54. The average molecular weight is 358 g/mol. The normalized spacial score (nSPS) is 35.7. The van der Waals surface area contributed by atoms with E-state index < -0.39 is 0 Å². The molecule has 4 aliphatic carbocycles. The molecule has 4 atom stereocenters. The van der Waals surface area contributed by atoms with E-state index in [1.165, 1.54) is 6.42 Å². The van der Waals surface area contributed by atoms with Crippen molar-refractivity contribution in [2.75, 3.05) is 5.32 Å². The Kier molecular flexibility index (Phi) is 3.23. The van der Waals surface area contributed by atoms with Crippen molar-refractivity contribution in [3.05, 3.63) is 30.6 Å². The summed E-state index contributed by atoms with van der Waals surface area (Å²) in [4.78, 5) is 13.0. The largest absolute Gasteiger partial charge is 0.326 e. The number of alkyl halides is 1. The number of amides is 1. The first-order valence-corrected chi connectivity index (χ1v) is 9.25. The number of nitrogens with zero attached hydrogens (tertiary/aromatic N) is 4. The van der Waals surface area contributed by atoms with Gasteiger partial charge in [-0.1, -0.05) is 0 Å². The molecule has 6 nitrogen and oxygen atoms in total. The molecule has 1 aromatic heterocycles. The Hall–Kier alpha value is -1.95. The van der Waals surface area contributed by atoms with Gasteiger partial charge in [0.25, 0.3) is 0 Å². The topological polar surface area (TPSA) is 72.7 Å². The van der Waals surface area contributed by atoms with E-state index in [4.69, 9.17) is 11.6 Å². The number of anilines is 1. The summed E-state index contributed by atoms with van der Waals surface area (Å²) in [5, 5.41) is 14.3. The van der Waals surface area contributed by atoms with Crippen molar-refractivity contribution >= 4 is 23.2 Å². The van der Waals surface area contributed by atoms with Gasteiger partial charge in [-0.25, -0.2) is 4.68 Å². The second kappa shape index (κ2) is 5.27. The molecule has 1 aromatic carbocycles. The van der Waals surface area contributed by atoms with Crippen LogP contribution in [0.1, 0.15) is 38.5 Å². The van der Waals surface area contributed by atoms with Gasteiger partial charge in [0.15, 0.2) is 0 Å². The molecule has 1 N–H and O–H groups in total. The molecule has 0 radical (unpaired) electrons. The summed E-state index contributed by atoms with van der Waals surface area (Å²) in [6, 6.07) is 7.58. The predicted molar refractivity (Wildman–Crippen MR) is 93.5 cm³/mol. The first-order chi connectivity index (χ1) is 12.0. The first-order valence-electron chi connectivity index (χ1n) is 8.88. The summed E-state index contributed by atoms with van der Waals surface area (Å²) in [6.07, 6.45) is 7.77. The van der Waals surface area contributed by atoms with Gasteiger partial charge in [-0.15, -0.1) is 16.7 Å². The highest BCUT2D eigenvalue weighted by Gasteiger charge is 2.60. The van der Waals surface area contributed by atoms with Crippen LogP contribution >= 0.6 is 11.6 Å². The van der Waals surface area contributed by atoms with Gasteiger partial charge in [0.05, 0.1) is 11.1 Å². The van der Waals surface area contributed by atoms with Gasteiger partial charge in [0.2, 0.25) is 5.91 Å². The molecule has 4 aliphatic rings. The van der Waals surface area contributed by atoms with Gasteiger partial charge in [-0.2, -0.15) is 0 Å². The maximum Gasteiger partial charge on any atom is 0.230 e. The summed E-state index contributed by atoms with van der Waals surface area (Å²) in [5.74, 6) is 1.38. The predicted octanol–water partition coefficient (Wildman–Crippen LogP) is 3.18. The van der Waals surface area contributed by atoms with E-state index in [9.17, 15) is 4.79 Å². The number of rotatable bonds is 3. The van der Waals surface area contributed by atoms with Crippen LogP contribution in [0.2, 0.25) is 0 Å². The molecule has 0 saturated heterocycles. The monoisotopic (exact) mass is 357 g/mol. The third-order valence-electron chi connectivity index (χ3n) is 6.21. The van der Waals surface area contributed by atoms with Crippen molar-refractivity contribution in [1.29, 1.82) is 0 Å². The molecule has 4 fully saturated rings. The Morgan fingerprint density at radius 2 is 1.88 bits per heavy atom. The number of carbonyl (C=O) groups excluding carboxylic acids is 1. The third-order valence-corrected chi connectivity index (χ3v) is 6.65. The molecule has 2 aromatic rings. The molecule has 0 spiro atoms. The molecule has 2 unspecified atom stereocenters. The van der Waals surface area contributed by atoms with Crippen LogP contribution in [0, 0.1) is 17.3 Å². The van der Waals surface area contributed by atoms with Crippen LogP contribution in [0.3, 0.4) is 0 Å². The number of tetrazole rings is 1. The molecule has 4 saturated carbocycles. The van der Waals surface area contributed by atoms with Gasteiger partial charge in [0, 0.05) is 10.6 Å². The molecule has 130 valence electrons. The van der Waals surface area contributed by atoms with Crippen molar-refractivity contribution in [3.8, 4) is 5.69 Å². The van der Waals surface area contributed by atoms with E-state index in [2.05, 4.69) is 20.8 Å². The van der Waals surface area contributed by atoms with Crippen molar-refractivity contribution in [3.63, 3.8) is 0 Å². The van der Waals surface area contributed by atoms with E-state index in [0.717, 1.165) is 43.5 Å². The SMILES string of the molecule is O=C(Nc1ccc(-n2cnnn2)cc1)C12C[C@@H]3C[C@@H](CC(Cl)(C3)C1)C2. The number of carbonyl (C=O) groups is 1. The molecular weight excluding hydrogens is 338 g/mol. The van der Waals surface area contributed by atoms with Crippen molar-refractivity contribution in [2.45, 2.75) is 43.4 Å². The van der Waals surface area contributed by atoms with E-state index in [1.54, 1.807) is 11.0 Å². The summed E-state index contributed by atoms with van der Waals surface area (Å²) < 4.78 is 1.59. The lowest BCUT2D eigenvalue weighted by Gasteiger charge is -2.59. The second-order valence-electron chi connectivity index (χ2n) is 8.15. The summed E-state index contributed by atoms with van der Waals surface area (Å²) in [5.41, 5.74) is 1.39. The minimum atomic E-state index is -0.277. The maximum absolute atomic E-state index is 13.1. The molecule has 4 bridgehead atoms. The van der Waals surface area contributed by atoms with E-state index >= 15 is 0 Å². The molecule has 6 rings (SSSR count). The van der Waals surface area contributed by atoms with Crippen LogP contribution in [-0.2, 0) is 4.79 Å². The Morgan fingerprint density at radius 3 is 2.48 bits per heavy atom. The van der Waals surface area contributed by atoms with Crippen molar-refractivity contribution in [2.24, 2.45) is 17.3 Å². The van der Waals surface area contributed by atoms with Gasteiger partial charge < -0.3 is 5.32 Å². The quantitative estimate of drug-likeness (QED) is 0.856. The zero-order chi connectivity index (χ0) is 17.1. The summed E-state index contributed by atoms with van der Waals surface area (Å²) in [6.45, 7) is 0. The fraction of sp³-hybridized carbons (Fsp3) is 0.556. The molecular formula is C18H20ClN5O. The van der Waals surface area contributed by atoms with E-state index in [0.29, 0.717) is 11.8 Å². The minimum Gasteiger partial charge on any atom is -0.326 e. The number of aromatic nitrogens is 4. The lowest BCUT2D eigenvalue weighted by atomic mass is 9.49. The lowest BCUT2D eigenvalue weighted by Crippen LogP contribution is -2.57. The van der Waals surface area contributed by atoms with Crippen LogP contribution < -0.4 is 5.32 Å². The maximum atomic E-state index is 13.1. The number of halogens is 1. The van der Waals surface area contributed by atoms with Gasteiger partial charge in [-0.05, 0) is 85.1 Å². The Bertz CT molecular complexity index is 789. The Morgan fingerprint density at radius 1 is 1.16 bits per heavy atom. The van der Waals surface area contributed by atoms with Gasteiger partial charge in [-0.3, -0.25) is 4.79 Å². The van der Waals surface area contributed by atoms with Crippen LogP contribution in [0.4, 0.5) is 5.69 Å². The zero-order valence-corrected chi connectivity index (χ0v) is 14.6. The highest BCUT2D eigenvalue weighted by Crippen LogP contribution is 2.64. The van der Waals surface area contributed by atoms with Crippen molar-refractivity contribution in [1.82, 2.24) is 20.2 Å². The number of hydrogen-bond acceptors (Lipinski definition) is 4. The highest BCUT2D eigenvalue weighted by atomic mass is 35.5. The highest BCUT2D eigenvalue weighted by molar-refractivity contribution is 6.24. The van der Waals surface area contributed by atoms with E-state index in [-0.39, 0.29) is 16.2 Å². The Balaban J connectivity index is 1.35. The fourth-order valence-electron chi connectivity index (χ4n) is 5.66. The van der Waals surface area contributed by atoms with Crippen LogP contribution in [0.15, 0.2) is 30.6 Å². The molecule has 1 heterocycles. The Labute approximate surface area is 150 Å². The first kappa shape index (κ1) is 15.3. The smallest absolute Gasteiger partial charge is 0.230 e. The van der Waals surface area contributed by atoms with E-state index in [1.807, 2.05) is 24.3 Å². The fourth-order valence-corrected chi connectivity index (χ4v) is 6.35. The van der Waals surface area contributed by atoms with Gasteiger partial charge in [0.1, 0.15) is 6.33 Å². The average Bonchev–Trinajstić information content (AvgIpc) is 3.07. The second-order valence-corrected chi connectivity index (χ2v) is 8.95. The van der Waals surface area contributed by atoms with Gasteiger partial charge >= 0.3 is 0 Å². The minimum absolute atomic E-state index is 0.141. The summed E-state index contributed by atoms with van der Waals surface area (Å²) >= 11 is 6.84. The van der Waals surface area contributed by atoms with Crippen LogP contribution in [0.25, 0.3) is 5.69 Å². The zero-order valence-electron chi connectivity index (χ0n) is 13.9. The molecule has 1 amide bonds. The molecule has 25 heavy (non-hydrogen) atoms. The number of nitrogens with one attached hydrogen (secondary N) is 1. The standard InChI is InChI=1S/C18H20ClN5O/c19-18-8-12-5-13(9-18)7-17(6-12,10-18)16(25)21-14-1-3-15(4-2-14)24-11-20-22-23-24/h1-4,11-13H,5-10H2,(H,21,25)/t12-,13+,17?,18?. The lowest BCUT2D eigenvalue weighted by molar-refractivity contribution is -0.138. The molecule has 0 aliphatic heterocycles. The molecule has 7 heteroatoms. The number of hydrogen-bond donors (Lipinski definition) is 1. The summed E-state index contributed by atoms with van der Waals surface area (Å²) in [7, 11) is 0. The van der Waals surface area contributed by atoms with Crippen LogP contribution in [0.5, 0.6) is 0 Å². The number of benzene rings is 1. The van der Waals surface area contributed by atoms with Crippen LogP contribution in [-0.4, -0.2) is 31.0 Å². The van der Waals surface area contributed by atoms with Crippen molar-refractivity contribution < 1.29 is 4.79 Å².